The van der Waals surface area contributed by atoms with E-state index in [9.17, 15) is 0 Å². The zero-order chi connectivity index (χ0) is 12.1. The van der Waals surface area contributed by atoms with Gasteiger partial charge in [-0.3, -0.25) is 0 Å². The van der Waals surface area contributed by atoms with Crippen LogP contribution in [0.5, 0.6) is 0 Å². The molecular weight excluding hydrogens is 210 g/mol. The largest absolute Gasteiger partial charge is 0.374 e. The molecule has 1 atom stereocenters. The SMILES string of the molecule is CCNC(C1CCC1)C1(OCC)CCCCC1. The number of likely N-dealkylation sites (N-methyl/N-ethyl adjacent to an activating group) is 1. The van der Waals surface area contributed by atoms with E-state index in [1.165, 1.54) is 51.4 Å². The van der Waals surface area contributed by atoms with Crippen LogP contribution in [0, 0.1) is 5.92 Å². The second-order valence-corrected chi connectivity index (χ2v) is 5.78. The normalized spacial score (nSPS) is 26.5. The standard InChI is InChI=1S/C15H29NO/c1-3-16-14(13-9-8-10-13)15(17-4-2)11-6-5-7-12-15/h13-14,16H,3-12H2,1-2H3. The highest BCUT2D eigenvalue weighted by Gasteiger charge is 2.45. The van der Waals surface area contributed by atoms with Crippen molar-refractivity contribution < 1.29 is 4.74 Å². The molecule has 0 radical (unpaired) electrons. The molecule has 2 rings (SSSR count). The van der Waals surface area contributed by atoms with E-state index in [1.54, 1.807) is 0 Å². The van der Waals surface area contributed by atoms with E-state index < -0.39 is 0 Å². The van der Waals surface area contributed by atoms with Gasteiger partial charge in [-0.15, -0.1) is 0 Å². The Morgan fingerprint density at radius 1 is 1.12 bits per heavy atom. The second-order valence-electron chi connectivity index (χ2n) is 5.78. The first-order chi connectivity index (χ1) is 8.32. The first-order valence-electron chi connectivity index (χ1n) is 7.69. The molecule has 1 N–H and O–H groups in total. The molecule has 0 aromatic heterocycles. The zero-order valence-corrected chi connectivity index (χ0v) is 11.6. The number of hydrogen-bond acceptors (Lipinski definition) is 2. The summed E-state index contributed by atoms with van der Waals surface area (Å²) in [5.74, 6) is 0.875. The topological polar surface area (TPSA) is 21.3 Å². The second kappa shape index (κ2) is 6.19. The van der Waals surface area contributed by atoms with Crippen LogP contribution in [0.1, 0.15) is 65.2 Å². The third-order valence-electron chi connectivity index (χ3n) is 4.74. The smallest absolute Gasteiger partial charge is 0.0837 e. The van der Waals surface area contributed by atoms with Gasteiger partial charge in [0.2, 0.25) is 0 Å². The fourth-order valence-corrected chi connectivity index (χ4v) is 3.76. The number of rotatable bonds is 6. The van der Waals surface area contributed by atoms with Gasteiger partial charge in [-0.25, -0.2) is 0 Å². The van der Waals surface area contributed by atoms with Crippen LogP contribution in [-0.2, 0) is 4.74 Å². The summed E-state index contributed by atoms with van der Waals surface area (Å²) in [6.45, 7) is 6.33. The van der Waals surface area contributed by atoms with E-state index in [4.69, 9.17) is 4.74 Å². The van der Waals surface area contributed by atoms with E-state index in [-0.39, 0.29) is 5.60 Å². The summed E-state index contributed by atoms with van der Waals surface area (Å²) in [4.78, 5) is 0. The molecular formula is C15H29NO. The van der Waals surface area contributed by atoms with Crippen LogP contribution >= 0.6 is 0 Å². The third-order valence-corrected chi connectivity index (χ3v) is 4.74. The summed E-state index contributed by atoms with van der Waals surface area (Å²) in [6.07, 6.45) is 10.9. The first kappa shape index (κ1) is 13.4. The van der Waals surface area contributed by atoms with Crippen molar-refractivity contribution in [2.45, 2.75) is 76.9 Å². The van der Waals surface area contributed by atoms with Crippen molar-refractivity contribution in [2.75, 3.05) is 13.2 Å². The van der Waals surface area contributed by atoms with Crippen LogP contribution < -0.4 is 5.32 Å². The Balaban J connectivity index is 2.08. The van der Waals surface area contributed by atoms with E-state index in [1.807, 2.05) is 0 Å². The van der Waals surface area contributed by atoms with Crippen molar-refractivity contribution in [3.8, 4) is 0 Å². The lowest BCUT2D eigenvalue weighted by Crippen LogP contribution is -2.58. The molecule has 0 spiro atoms. The Kier molecular flexibility index (Phi) is 4.87. The summed E-state index contributed by atoms with van der Waals surface area (Å²) in [7, 11) is 0. The summed E-state index contributed by atoms with van der Waals surface area (Å²) in [5.41, 5.74) is 0.161. The molecule has 2 fully saturated rings. The van der Waals surface area contributed by atoms with Crippen LogP contribution in [0.15, 0.2) is 0 Å². The van der Waals surface area contributed by atoms with E-state index in [0.717, 1.165) is 19.1 Å². The minimum atomic E-state index is 0.161. The maximum atomic E-state index is 6.28. The van der Waals surface area contributed by atoms with Crippen molar-refractivity contribution in [3.63, 3.8) is 0 Å². The molecule has 100 valence electrons. The highest BCUT2D eigenvalue weighted by molar-refractivity contribution is 5.00. The molecule has 0 saturated heterocycles. The highest BCUT2D eigenvalue weighted by atomic mass is 16.5. The molecule has 0 heterocycles. The molecule has 0 amide bonds. The van der Waals surface area contributed by atoms with Crippen LogP contribution in [0.4, 0.5) is 0 Å². The monoisotopic (exact) mass is 239 g/mol. The Morgan fingerprint density at radius 3 is 2.29 bits per heavy atom. The minimum absolute atomic E-state index is 0.161. The highest BCUT2D eigenvalue weighted by Crippen LogP contribution is 2.42. The summed E-state index contributed by atoms with van der Waals surface area (Å²) >= 11 is 0. The lowest BCUT2D eigenvalue weighted by atomic mass is 9.68. The van der Waals surface area contributed by atoms with Gasteiger partial charge in [0, 0.05) is 12.6 Å². The fraction of sp³-hybridized carbons (Fsp3) is 1.00. The van der Waals surface area contributed by atoms with Gasteiger partial charge in [0.15, 0.2) is 0 Å². The average molecular weight is 239 g/mol. The molecule has 1 unspecified atom stereocenters. The summed E-state index contributed by atoms with van der Waals surface area (Å²) in [5, 5.41) is 3.75. The molecule has 2 aliphatic rings. The van der Waals surface area contributed by atoms with Gasteiger partial charge in [0.05, 0.1) is 5.60 Å². The van der Waals surface area contributed by atoms with Gasteiger partial charge in [0.25, 0.3) is 0 Å². The first-order valence-corrected chi connectivity index (χ1v) is 7.69. The molecule has 17 heavy (non-hydrogen) atoms. The van der Waals surface area contributed by atoms with Gasteiger partial charge in [-0.2, -0.15) is 0 Å². The Morgan fingerprint density at radius 2 is 1.82 bits per heavy atom. The van der Waals surface area contributed by atoms with E-state index in [2.05, 4.69) is 19.2 Å². The molecule has 0 bridgehead atoms. The van der Waals surface area contributed by atoms with Crippen molar-refractivity contribution in [1.82, 2.24) is 5.32 Å². The molecule has 0 aromatic rings. The summed E-state index contributed by atoms with van der Waals surface area (Å²) < 4.78 is 6.28. The predicted molar refractivity (Wildman–Crippen MR) is 72.2 cm³/mol. The summed E-state index contributed by atoms with van der Waals surface area (Å²) in [6, 6.07) is 0.612. The van der Waals surface area contributed by atoms with E-state index in [0.29, 0.717) is 6.04 Å². The fourth-order valence-electron chi connectivity index (χ4n) is 3.76. The van der Waals surface area contributed by atoms with Crippen molar-refractivity contribution in [2.24, 2.45) is 5.92 Å². The number of hydrogen-bond donors (Lipinski definition) is 1. The van der Waals surface area contributed by atoms with Crippen LogP contribution in [0.25, 0.3) is 0 Å². The van der Waals surface area contributed by atoms with Gasteiger partial charge >= 0.3 is 0 Å². The molecule has 2 saturated carbocycles. The number of nitrogens with one attached hydrogen (secondary N) is 1. The Labute approximate surface area is 107 Å². The van der Waals surface area contributed by atoms with Crippen molar-refractivity contribution in [1.29, 1.82) is 0 Å². The van der Waals surface area contributed by atoms with Crippen molar-refractivity contribution >= 4 is 0 Å². The Bertz CT molecular complexity index is 213. The molecule has 2 aliphatic carbocycles. The van der Waals surface area contributed by atoms with Crippen LogP contribution in [0.2, 0.25) is 0 Å². The maximum absolute atomic E-state index is 6.28. The maximum Gasteiger partial charge on any atom is 0.0837 e. The third kappa shape index (κ3) is 2.85. The lowest BCUT2D eigenvalue weighted by Gasteiger charge is -2.49. The van der Waals surface area contributed by atoms with Gasteiger partial charge in [-0.05, 0) is 45.1 Å². The molecule has 2 nitrogen and oxygen atoms in total. The molecule has 0 aliphatic heterocycles. The van der Waals surface area contributed by atoms with E-state index >= 15 is 0 Å². The average Bonchev–Trinajstić information content (AvgIpc) is 2.28. The minimum Gasteiger partial charge on any atom is -0.374 e. The molecule has 2 heteroatoms. The van der Waals surface area contributed by atoms with Crippen molar-refractivity contribution in [3.05, 3.63) is 0 Å². The Hall–Kier alpha value is -0.0800. The van der Waals surface area contributed by atoms with Gasteiger partial charge in [0.1, 0.15) is 0 Å². The predicted octanol–water partition coefficient (Wildman–Crippen LogP) is 3.50. The lowest BCUT2D eigenvalue weighted by molar-refractivity contribution is -0.109. The zero-order valence-electron chi connectivity index (χ0n) is 11.6. The molecule has 0 aromatic carbocycles. The van der Waals surface area contributed by atoms with Crippen LogP contribution in [0.3, 0.4) is 0 Å². The number of ether oxygens (including phenoxy) is 1. The van der Waals surface area contributed by atoms with Gasteiger partial charge < -0.3 is 10.1 Å². The van der Waals surface area contributed by atoms with Crippen LogP contribution in [-0.4, -0.2) is 24.8 Å². The quantitative estimate of drug-likeness (QED) is 0.766. The van der Waals surface area contributed by atoms with Gasteiger partial charge in [-0.1, -0.05) is 32.6 Å².